The smallest absolute Gasteiger partial charge is 0.141 e. The van der Waals surface area contributed by atoms with Gasteiger partial charge in [-0.05, 0) is 36.5 Å². The van der Waals surface area contributed by atoms with Gasteiger partial charge in [-0.15, -0.1) is 13.2 Å². The van der Waals surface area contributed by atoms with Gasteiger partial charge >= 0.3 is 0 Å². The second kappa shape index (κ2) is 4.03. The molecule has 104 valence electrons. The van der Waals surface area contributed by atoms with Gasteiger partial charge < -0.3 is 0 Å². The minimum atomic E-state index is -0.128. The summed E-state index contributed by atoms with van der Waals surface area (Å²) in [6.45, 7) is 7.77. The Morgan fingerprint density at radius 2 is 1.25 bits per heavy atom. The summed E-state index contributed by atoms with van der Waals surface area (Å²) < 4.78 is 0. The molecule has 4 rings (SSSR count). The predicted octanol–water partition coefficient (Wildman–Crippen LogP) is 2.82. The van der Waals surface area contributed by atoms with Gasteiger partial charge in [-0.3, -0.25) is 9.59 Å². The van der Waals surface area contributed by atoms with Crippen molar-refractivity contribution in [3.63, 3.8) is 0 Å². The Morgan fingerprint density at radius 3 is 1.65 bits per heavy atom. The molecular formula is C18H20O2. The number of rotatable bonds is 2. The van der Waals surface area contributed by atoms with Crippen LogP contribution in [0.3, 0.4) is 0 Å². The van der Waals surface area contributed by atoms with Gasteiger partial charge in [-0.1, -0.05) is 24.3 Å². The number of hydrogen-bond acceptors (Lipinski definition) is 2. The van der Waals surface area contributed by atoms with Gasteiger partial charge in [-0.25, -0.2) is 0 Å². The van der Waals surface area contributed by atoms with E-state index in [1.54, 1.807) is 0 Å². The standard InChI is InChI=1S/C18H20O2/c1-3-9-7-10(4-2)14-13(9)17(19)15-11-5-6-12(8-11)16(15)18(14)20/h3-6,9-16H,1-2,7-8H2/t9-,10+,11-,12+,13+,14-,15-,16+. The molecule has 0 amide bonds. The third-order valence-electron chi connectivity index (χ3n) is 6.23. The molecule has 2 bridgehead atoms. The summed E-state index contributed by atoms with van der Waals surface area (Å²) >= 11 is 0. The zero-order valence-corrected chi connectivity index (χ0v) is 11.6. The van der Waals surface area contributed by atoms with E-state index in [1.165, 1.54) is 0 Å². The fourth-order valence-electron chi connectivity index (χ4n) is 5.44. The molecule has 4 aliphatic carbocycles. The van der Waals surface area contributed by atoms with Crippen molar-refractivity contribution in [3.8, 4) is 0 Å². The Bertz CT molecular complexity index is 498. The highest BCUT2D eigenvalue weighted by Gasteiger charge is 2.62. The third kappa shape index (κ3) is 1.30. The first-order chi connectivity index (χ1) is 9.67. The maximum Gasteiger partial charge on any atom is 0.141 e. The van der Waals surface area contributed by atoms with Crippen molar-refractivity contribution in [2.45, 2.75) is 12.8 Å². The average molecular weight is 268 g/mol. The molecule has 0 unspecified atom stereocenters. The maximum absolute atomic E-state index is 13.0. The van der Waals surface area contributed by atoms with Crippen molar-refractivity contribution in [1.82, 2.24) is 0 Å². The van der Waals surface area contributed by atoms with Crippen LogP contribution in [0, 0.1) is 47.3 Å². The van der Waals surface area contributed by atoms with Gasteiger partial charge in [0.1, 0.15) is 11.6 Å². The summed E-state index contributed by atoms with van der Waals surface area (Å²) in [4.78, 5) is 26.0. The average Bonchev–Trinajstić information content (AvgIpc) is 3.15. The van der Waals surface area contributed by atoms with Crippen LogP contribution < -0.4 is 0 Å². The molecule has 2 nitrogen and oxygen atoms in total. The van der Waals surface area contributed by atoms with Crippen molar-refractivity contribution in [1.29, 1.82) is 0 Å². The zero-order chi connectivity index (χ0) is 14.0. The van der Waals surface area contributed by atoms with Crippen molar-refractivity contribution in [3.05, 3.63) is 37.5 Å². The highest BCUT2D eigenvalue weighted by molar-refractivity contribution is 6.02. The lowest BCUT2D eigenvalue weighted by atomic mass is 9.62. The monoisotopic (exact) mass is 268 g/mol. The van der Waals surface area contributed by atoms with E-state index in [9.17, 15) is 9.59 Å². The van der Waals surface area contributed by atoms with Gasteiger partial charge in [0.2, 0.25) is 0 Å². The first-order valence-corrected chi connectivity index (χ1v) is 7.68. The Kier molecular flexibility index (Phi) is 2.48. The van der Waals surface area contributed by atoms with Crippen LogP contribution in [0.4, 0.5) is 0 Å². The fraction of sp³-hybridized carbons (Fsp3) is 0.556. The lowest BCUT2D eigenvalue weighted by Gasteiger charge is -2.39. The van der Waals surface area contributed by atoms with E-state index >= 15 is 0 Å². The second-order valence-electron chi connectivity index (χ2n) is 6.89. The maximum atomic E-state index is 13.0. The minimum Gasteiger partial charge on any atom is -0.299 e. The van der Waals surface area contributed by atoms with Gasteiger partial charge in [0.25, 0.3) is 0 Å². The van der Waals surface area contributed by atoms with E-state index in [0.29, 0.717) is 23.4 Å². The highest BCUT2D eigenvalue weighted by atomic mass is 16.1. The van der Waals surface area contributed by atoms with Crippen molar-refractivity contribution in [2.75, 3.05) is 0 Å². The van der Waals surface area contributed by atoms with Crippen LogP contribution in [0.5, 0.6) is 0 Å². The minimum absolute atomic E-state index is 0.0373. The molecule has 0 spiro atoms. The van der Waals surface area contributed by atoms with Crippen LogP contribution in [0.25, 0.3) is 0 Å². The van der Waals surface area contributed by atoms with Crippen LogP contribution in [0.15, 0.2) is 37.5 Å². The quantitative estimate of drug-likeness (QED) is 0.722. The summed E-state index contributed by atoms with van der Waals surface area (Å²) in [5.74, 6) is 1.29. The van der Waals surface area contributed by atoms with Crippen LogP contribution in [-0.2, 0) is 9.59 Å². The SMILES string of the molecule is C=C[C@@H]1C[C@H](C=C)[C@H]2C(=O)[C@@H]3[C@H](C(=O)[C@H]21)[C@@H]1C=C[C@H]3C1. The molecule has 2 heteroatoms. The number of carbonyl (C=O) groups is 2. The molecular weight excluding hydrogens is 248 g/mol. The summed E-state index contributed by atoms with van der Waals surface area (Å²) in [7, 11) is 0. The lowest BCUT2D eigenvalue weighted by Crippen LogP contribution is -2.49. The number of allylic oxidation sites excluding steroid dienone is 4. The Hall–Kier alpha value is -1.44. The molecule has 0 aromatic heterocycles. The van der Waals surface area contributed by atoms with Crippen LogP contribution in [-0.4, -0.2) is 11.6 Å². The molecule has 0 N–H and O–H groups in total. The Balaban J connectivity index is 1.79. The second-order valence-corrected chi connectivity index (χ2v) is 6.89. The van der Waals surface area contributed by atoms with E-state index < -0.39 is 0 Å². The molecule has 0 saturated heterocycles. The van der Waals surface area contributed by atoms with E-state index in [4.69, 9.17) is 0 Å². The van der Waals surface area contributed by atoms with E-state index in [2.05, 4.69) is 25.3 Å². The van der Waals surface area contributed by atoms with Crippen LogP contribution in [0.1, 0.15) is 12.8 Å². The summed E-state index contributed by atoms with van der Waals surface area (Å²) in [6, 6.07) is 0. The molecule has 3 saturated carbocycles. The number of Topliss-reactive ketones (excluding diaryl/α,β-unsaturated/α-hetero) is 2. The van der Waals surface area contributed by atoms with Gasteiger partial charge in [0.15, 0.2) is 0 Å². The number of hydrogen-bond donors (Lipinski definition) is 0. The molecule has 0 aromatic rings. The van der Waals surface area contributed by atoms with Crippen LogP contribution in [0.2, 0.25) is 0 Å². The van der Waals surface area contributed by atoms with Gasteiger partial charge in [-0.2, -0.15) is 0 Å². The normalized spacial score (nSPS) is 52.0. The molecule has 0 aromatic carbocycles. The van der Waals surface area contributed by atoms with Crippen LogP contribution >= 0.6 is 0 Å². The number of fused-ring (bicyclic) bond motifs is 6. The Labute approximate surface area is 119 Å². The van der Waals surface area contributed by atoms with Crippen molar-refractivity contribution < 1.29 is 9.59 Å². The van der Waals surface area contributed by atoms with E-state index in [-0.39, 0.29) is 35.5 Å². The largest absolute Gasteiger partial charge is 0.299 e. The van der Waals surface area contributed by atoms with Crippen molar-refractivity contribution in [2.24, 2.45) is 47.3 Å². The first kappa shape index (κ1) is 12.3. The van der Waals surface area contributed by atoms with Gasteiger partial charge in [0, 0.05) is 23.7 Å². The fourth-order valence-corrected chi connectivity index (χ4v) is 5.44. The molecule has 0 radical (unpaired) electrons. The van der Waals surface area contributed by atoms with Gasteiger partial charge in [0.05, 0.1) is 0 Å². The van der Waals surface area contributed by atoms with E-state index in [1.807, 2.05) is 12.2 Å². The number of ketones is 2. The molecule has 8 atom stereocenters. The summed E-state index contributed by atoms with van der Waals surface area (Å²) in [6.07, 6.45) is 9.97. The summed E-state index contributed by atoms with van der Waals surface area (Å²) in [5, 5.41) is 0. The zero-order valence-electron chi connectivity index (χ0n) is 11.6. The molecule has 0 aliphatic heterocycles. The molecule has 0 heterocycles. The number of carbonyl (C=O) groups excluding carboxylic acids is 2. The Morgan fingerprint density at radius 1 is 0.800 bits per heavy atom. The molecule has 20 heavy (non-hydrogen) atoms. The van der Waals surface area contributed by atoms with E-state index in [0.717, 1.165) is 12.8 Å². The molecule has 4 aliphatic rings. The first-order valence-electron chi connectivity index (χ1n) is 7.68. The lowest BCUT2D eigenvalue weighted by molar-refractivity contribution is -0.147. The topological polar surface area (TPSA) is 34.1 Å². The van der Waals surface area contributed by atoms with Crippen molar-refractivity contribution >= 4 is 11.6 Å². The predicted molar refractivity (Wildman–Crippen MR) is 76.7 cm³/mol. The highest BCUT2D eigenvalue weighted by Crippen LogP contribution is 2.58. The molecule has 3 fully saturated rings. The third-order valence-corrected chi connectivity index (χ3v) is 6.23. The summed E-state index contributed by atoms with van der Waals surface area (Å²) in [5.41, 5.74) is 0.